The fourth-order valence-electron chi connectivity index (χ4n) is 2.81. The van der Waals surface area contributed by atoms with Crippen LogP contribution in [0.25, 0.3) is 0 Å². The fraction of sp³-hybridized carbons (Fsp3) is 0.250. The van der Waals surface area contributed by atoms with Crippen LogP contribution >= 0.6 is 11.3 Å². The first-order valence-electron chi connectivity index (χ1n) is 8.58. The first-order valence-corrected chi connectivity index (χ1v) is 9.40. The number of anilines is 1. The van der Waals surface area contributed by atoms with Crippen molar-refractivity contribution >= 4 is 28.3 Å². The van der Waals surface area contributed by atoms with Gasteiger partial charge in [0.05, 0.1) is 7.11 Å². The lowest BCUT2D eigenvalue weighted by molar-refractivity contribution is -0.118. The number of aromatic nitrogens is 2. The van der Waals surface area contributed by atoms with Crippen LogP contribution in [0.15, 0.2) is 54.9 Å². The highest BCUT2D eigenvalue weighted by molar-refractivity contribution is 7.16. The number of thiazole rings is 1. The van der Waals surface area contributed by atoms with E-state index in [0.29, 0.717) is 5.13 Å². The van der Waals surface area contributed by atoms with Gasteiger partial charge in [0.2, 0.25) is 0 Å². The first kappa shape index (κ1) is 18.8. The monoisotopic (exact) mass is 383 g/mol. The highest BCUT2D eigenvalue weighted by Crippen LogP contribution is 2.31. The first-order chi connectivity index (χ1) is 13.0. The Morgan fingerprint density at radius 3 is 2.37 bits per heavy atom. The van der Waals surface area contributed by atoms with Gasteiger partial charge in [0, 0.05) is 17.3 Å². The molecular weight excluding hydrogens is 362 g/mol. The fourth-order valence-corrected chi connectivity index (χ4v) is 3.77. The van der Waals surface area contributed by atoms with E-state index in [0.717, 1.165) is 10.4 Å². The molecular formula is C20H21N3O3S. The molecule has 2 heterocycles. The molecule has 0 unspecified atom stereocenters. The number of esters is 1. The van der Waals surface area contributed by atoms with Crippen LogP contribution in [0.3, 0.4) is 0 Å². The third-order valence-electron chi connectivity index (χ3n) is 4.08. The van der Waals surface area contributed by atoms with Crippen molar-refractivity contribution in [1.82, 2.24) is 9.55 Å². The Labute approximate surface area is 161 Å². The molecule has 1 amide bonds. The Kier molecular flexibility index (Phi) is 5.71. The summed E-state index contributed by atoms with van der Waals surface area (Å²) in [7, 11) is 1.32. The molecule has 1 aromatic carbocycles. The van der Waals surface area contributed by atoms with Gasteiger partial charge in [-0.15, -0.1) is 11.3 Å². The lowest BCUT2D eigenvalue weighted by Gasteiger charge is -2.18. The molecule has 1 N–H and O–H groups in total. The summed E-state index contributed by atoms with van der Waals surface area (Å²) in [6, 6.07) is 12.7. The van der Waals surface area contributed by atoms with Gasteiger partial charge in [-0.2, -0.15) is 0 Å². The molecule has 0 saturated heterocycles. The van der Waals surface area contributed by atoms with Gasteiger partial charge in [0.1, 0.15) is 6.04 Å². The summed E-state index contributed by atoms with van der Waals surface area (Å²) in [6.07, 6.45) is 3.69. The Hall–Kier alpha value is -2.93. The van der Waals surface area contributed by atoms with Crippen molar-refractivity contribution in [2.24, 2.45) is 0 Å². The maximum atomic E-state index is 13.1. The van der Waals surface area contributed by atoms with E-state index >= 15 is 0 Å². The molecule has 7 heteroatoms. The zero-order chi connectivity index (χ0) is 19.4. The zero-order valence-corrected chi connectivity index (χ0v) is 16.2. The standard InChI is InChI=1S/C20H21N3O3S/c1-13(2)17-15(19(25)26-3)21-20(27-17)22-18(24)16(23-11-7-8-12-23)14-9-5-4-6-10-14/h4-13,16H,1-3H3,(H,21,22,24)/t16-/m1/s1. The van der Waals surface area contributed by atoms with Crippen LogP contribution < -0.4 is 5.32 Å². The normalized spacial score (nSPS) is 12.0. The maximum Gasteiger partial charge on any atom is 0.357 e. The van der Waals surface area contributed by atoms with Crippen molar-refractivity contribution in [2.75, 3.05) is 12.4 Å². The van der Waals surface area contributed by atoms with Gasteiger partial charge in [-0.1, -0.05) is 44.2 Å². The second-order valence-corrected chi connectivity index (χ2v) is 7.34. The van der Waals surface area contributed by atoms with Gasteiger partial charge in [-0.05, 0) is 23.6 Å². The highest BCUT2D eigenvalue weighted by Gasteiger charge is 2.26. The Morgan fingerprint density at radius 1 is 1.11 bits per heavy atom. The molecule has 3 aromatic rings. The molecule has 0 radical (unpaired) electrons. The van der Waals surface area contributed by atoms with E-state index in [1.54, 1.807) is 0 Å². The molecule has 0 aliphatic heterocycles. The summed E-state index contributed by atoms with van der Waals surface area (Å²) in [4.78, 5) is 30.1. The number of benzene rings is 1. The quantitative estimate of drug-likeness (QED) is 0.651. The molecule has 0 spiro atoms. The molecule has 6 nitrogen and oxygen atoms in total. The van der Waals surface area contributed by atoms with Gasteiger partial charge in [0.25, 0.3) is 5.91 Å². The van der Waals surface area contributed by atoms with Crippen LogP contribution in [-0.4, -0.2) is 28.5 Å². The predicted molar refractivity (Wildman–Crippen MR) is 105 cm³/mol. The second kappa shape index (κ2) is 8.18. The Bertz CT molecular complexity index is 917. The summed E-state index contributed by atoms with van der Waals surface area (Å²) < 4.78 is 6.65. The smallest absolute Gasteiger partial charge is 0.357 e. The van der Waals surface area contributed by atoms with Crippen LogP contribution in [-0.2, 0) is 9.53 Å². The lowest BCUT2D eigenvalue weighted by Crippen LogP contribution is -2.26. The highest BCUT2D eigenvalue weighted by atomic mass is 32.1. The average molecular weight is 383 g/mol. The minimum Gasteiger partial charge on any atom is -0.464 e. The van der Waals surface area contributed by atoms with Crippen LogP contribution in [0.1, 0.15) is 46.7 Å². The molecule has 3 rings (SSSR count). The van der Waals surface area contributed by atoms with Crippen molar-refractivity contribution in [1.29, 1.82) is 0 Å². The van der Waals surface area contributed by atoms with Crippen molar-refractivity contribution in [2.45, 2.75) is 25.8 Å². The molecule has 0 aliphatic rings. The molecule has 140 valence electrons. The molecule has 27 heavy (non-hydrogen) atoms. The molecule has 1 atom stereocenters. The number of hydrogen-bond donors (Lipinski definition) is 1. The van der Waals surface area contributed by atoms with Crippen LogP contribution in [0.4, 0.5) is 5.13 Å². The minimum atomic E-state index is -0.533. The topological polar surface area (TPSA) is 73.2 Å². The number of amides is 1. The summed E-state index contributed by atoms with van der Waals surface area (Å²) >= 11 is 1.30. The second-order valence-electron chi connectivity index (χ2n) is 6.31. The average Bonchev–Trinajstić information content (AvgIpc) is 3.32. The zero-order valence-electron chi connectivity index (χ0n) is 15.4. The van der Waals surface area contributed by atoms with Gasteiger partial charge >= 0.3 is 5.97 Å². The summed E-state index contributed by atoms with van der Waals surface area (Å²) in [5.74, 6) is -0.630. The van der Waals surface area contributed by atoms with Crippen molar-refractivity contribution in [3.8, 4) is 0 Å². The number of nitrogens with zero attached hydrogens (tertiary/aromatic N) is 2. The molecule has 2 aromatic heterocycles. The van der Waals surface area contributed by atoms with E-state index in [2.05, 4.69) is 10.3 Å². The van der Waals surface area contributed by atoms with Gasteiger partial charge in [0.15, 0.2) is 10.8 Å². The van der Waals surface area contributed by atoms with E-state index in [1.165, 1.54) is 18.4 Å². The predicted octanol–water partition coefficient (Wildman–Crippen LogP) is 4.08. The number of carbonyl (C=O) groups excluding carboxylic acids is 2. The van der Waals surface area contributed by atoms with Gasteiger partial charge < -0.3 is 9.30 Å². The van der Waals surface area contributed by atoms with E-state index < -0.39 is 12.0 Å². The minimum absolute atomic E-state index is 0.0941. The van der Waals surface area contributed by atoms with Crippen LogP contribution in [0.5, 0.6) is 0 Å². The molecule has 0 fully saturated rings. The van der Waals surface area contributed by atoms with Crippen LogP contribution in [0, 0.1) is 0 Å². The number of rotatable bonds is 6. The Morgan fingerprint density at radius 2 is 1.78 bits per heavy atom. The van der Waals surface area contributed by atoms with Crippen molar-refractivity contribution in [3.05, 3.63) is 71.0 Å². The SMILES string of the molecule is COC(=O)c1nc(NC(=O)[C@@H](c2ccccc2)n2cccc2)sc1C(C)C. The van der Waals surface area contributed by atoms with E-state index in [1.807, 2.05) is 73.3 Å². The molecule has 0 saturated carbocycles. The lowest BCUT2D eigenvalue weighted by atomic mass is 10.1. The third kappa shape index (κ3) is 4.09. The summed E-state index contributed by atoms with van der Waals surface area (Å²) in [5.41, 5.74) is 1.12. The number of carbonyl (C=O) groups is 2. The number of methoxy groups -OCH3 is 1. The van der Waals surface area contributed by atoms with Crippen molar-refractivity contribution < 1.29 is 14.3 Å². The van der Waals surface area contributed by atoms with Crippen molar-refractivity contribution in [3.63, 3.8) is 0 Å². The van der Waals surface area contributed by atoms with Gasteiger partial charge in [-0.3, -0.25) is 10.1 Å². The summed E-state index contributed by atoms with van der Waals surface area (Å²) in [5, 5.41) is 3.25. The van der Waals surface area contributed by atoms with E-state index in [-0.39, 0.29) is 17.5 Å². The summed E-state index contributed by atoms with van der Waals surface area (Å²) in [6.45, 7) is 3.94. The number of nitrogens with one attached hydrogen (secondary N) is 1. The Balaban J connectivity index is 1.92. The van der Waals surface area contributed by atoms with E-state index in [9.17, 15) is 9.59 Å². The third-order valence-corrected chi connectivity index (χ3v) is 5.35. The molecule has 0 aliphatic carbocycles. The largest absolute Gasteiger partial charge is 0.464 e. The van der Waals surface area contributed by atoms with Gasteiger partial charge in [-0.25, -0.2) is 9.78 Å². The molecule has 0 bridgehead atoms. The number of ether oxygens (including phenoxy) is 1. The van der Waals surface area contributed by atoms with E-state index in [4.69, 9.17) is 4.74 Å². The maximum absolute atomic E-state index is 13.1. The number of hydrogen-bond acceptors (Lipinski definition) is 5. The van der Waals surface area contributed by atoms with Crippen LogP contribution in [0.2, 0.25) is 0 Å².